The third-order valence-corrected chi connectivity index (χ3v) is 3.35. The summed E-state index contributed by atoms with van der Waals surface area (Å²) in [7, 11) is 1.68. The number of carbonyl (C=O) groups excluding carboxylic acids is 1. The summed E-state index contributed by atoms with van der Waals surface area (Å²) < 4.78 is 17.0. The summed E-state index contributed by atoms with van der Waals surface area (Å²) in [6, 6.07) is 0.0272. The Morgan fingerprint density at radius 2 is 2.06 bits per heavy atom. The van der Waals surface area contributed by atoms with Crippen molar-refractivity contribution in [2.75, 3.05) is 13.7 Å². The van der Waals surface area contributed by atoms with Crippen LogP contribution in [0.1, 0.15) is 27.2 Å². The van der Waals surface area contributed by atoms with Gasteiger partial charge in [-0.1, -0.05) is 0 Å². The summed E-state index contributed by atoms with van der Waals surface area (Å²) in [6.45, 7) is 5.97. The molecule has 2 fully saturated rings. The maximum atomic E-state index is 11.2. The third kappa shape index (κ3) is 2.61. The first-order valence-electron chi connectivity index (χ1n) is 6.04. The molecule has 0 unspecified atom stereocenters. The number of nitrogens with one attached hydrogen (secondary N) is 1. The second-order valence-electron chi connectivity index (χ2n) is 5.32. The van der Waals surface area contributed by atoms with Gasteiger partial charge < -0.3 is 19.5 Å². The van der Waals surface area contributed by atoms with Gasteiger partial charge in [0.15, 0.2) is 5.79 Å². The summed E-state index contributed by atoms with van der Waals surface area (Å²) in [5.74, 6) is -0.317. The molecule has 0 aromatic heterocycles. The highest BCUT2D eigenvalue weighted by Gasteiger charge is 2.54. The van der Waals surface area contributed by atoms with Gasteiger partial charge in [0.1, 0.15) is 6.10 Å². The van der Waals surface area contributed by atoms with Gasteiger partial charge >= 0.3 is 0 Å². The fraction of sp³-hybridized carbons (Fsp3) is 0.917. The number of rotatable bonds is 3. The Kier molecular flexibility index (Phi) is 3.43. The SMILES string of the molecule is COC[C@H]1C[C@@H](NC(C)=O)[C@@H]2OC(C)(C)O[C@H]12. The monoisotopic (exact) mass is 243 g/mol. The van der Waals surface area contributed by atoms with Crippen LogP contribution in [0, 0.1) is 5.92 Å². The standard InChI is InChI=1S/C12H21NO4/c1-7(14)13-9-5-8(6-15-4)10-11(9)17-12(2,3)16-10/h8-11H,5-6H2,1-4H3,(H,13,14)/t8-,9-,10-,11+/m1/s1. The van der Waals surface area contributed by atoms with Crippen molar-refractivity contribution in [3.05, 3.63) is 0 Å². The molecule has 1 amide bonds. The lowest BCUT2D eigenvalue weighted by Gasteiger charge is -2.23. The van der Waals surface area contributed by atoms with E-state index in [9.17, 15) is 4.79 Å². The Balaban J connectivity index is 2.09. The third-order valence-electron chi connectivity index (χ3n) is 3.35. The van der Waals surface area contributed by atoms with E-state index in [0.717, 1.165) is 6.42 Å². The molecule has 1 aliphatic heterocycles. The quantitative estimate of drug-likeness (QED) is 0.792. The molecule has 5 heteroatoms. The highest BCUT2D eigenvalue weighted by Crippen LogP contribution is 2.41. The Labute approximate surface area is 102 Å². The van der Waals surface area contributed by atoms with Crippen molar-refractivity contribution < 1.29 is 19.0 Å². The fourth-order valence-corrected chi connectivity index (χ4v) is 2.87. The van der Waals surface area contributed by atoms with E-state index in [1.165, 1.54) is 6.92 Å². The van der Waals surface area contributed by atoms with Gasteiger partial charge in [-0.05, 0) is 20.3 Å². The molecule has 4 atom stereocenters. The molecule has 1 aliphatic carbocycles. The van der Waals surface area contributed by atoms with Crippen LogP contribution in [0.3, 0.4) is 0 Å². The van der Waals surface area contributed by atoms with Crippen molar-refractivity contribution in [1.82, 2.24) is 5.32 Å². The molecule has 1 saturated heterocycles. The van der Waals surface area contributed by atoms with Gasteiger partial charge in [0.05, 0.1) is 18.8 Å². The molecule has 0 bridgehead atoms. The summed E-state index contributed by atoms with van der Waals surface area (Å²) in [6.07, 6.45) is 0.801. The Morgan fingerprint density at radius 3 is 2.65 bits per heavy atom. The molecule has 0 aromatic rings. The van der Waals surface area contributed by atoms with Crippen molar-refractivity contribution in [2.45, 2.75) is 51.2 Å². The number of carbonyl (C=O) groups is 1. The summed E-state index contributed by atoms with van der Waals surface area (Å²) in [5.41, 5.74) is 0. The first kappa shape index (κ1) is 12.8. The fourth-order valence-electron chi connectivity index (χ4n) is 2.87. The molecule has 5 nitrogen and oxygen atoms in total. The van der Waals surface area contributed by atoms with Gasteiger partial charge in [-0.15, -0.1) is 0 Å². The van der Waals surface area contributed by atoms with Crippen molar-refractivity contribution in [1.29, 1.82) is 0 Å². The normalized spacial score (nSPS) is 39.1. The molecule has 17 heavy (non-hydrogen) atoms. The van der Waals surface area contributed by atoms with Gasteiger partial charge in [0.25, 0.3) is 0 Å². The van der Waals surface area contributed by atoms with Crippen LogP contribution < -0.4 is 5.32 Å². The second kappa shape index (κ2) is 4.55. The van der Waals surface area contributed by atoms with Crippen molar-refractivity contribution in [2.24, 2.45) is 5.92 Å². The first-order valence-corrected chi connectivity index (χ1v) is 6.04. The van der Waals surface area contributed by atoms with Gasteiger partial charge in [-0.2, -0.15) is 0 Å². The van der Waals surface area contributed by atoms with Crippen LogP contribution in [0.4, 0.5) is 0 Å². The molecular weight excluding hydrogens is 222 g/mol. The summed E-state index contributed by atoms with van der Waals surface area (Å²) >= 11 is 0. The van der Waals surface area contributed by atoms with Crippen LogP contribution in [0.25, 0.3) is 0 Å². The predicted octanol–water partition coefficient (Wildman–Crippen LogP) is 0.677. The van der Waals surface area contributed by atoms with Gasteiger partial charge in [-0.25, -0.2) is 0 Å². The van der Waals surface area contributed by atoms with E-state index >= 15 is 0 Å². The Morgan fingerprint density at radius 1 is 1.41 bits per heavy atom. The topological polar surface area (TPSA) is 56.8 Å². The lowest BCUT2D eigenvalue weighted by Crippen LogP contribution is -2.41. The molecule has 1 heterocycles. The largest absolute Gasteiger partial charge is 0.384 e. The molecule has 0 aromatic carbocycles. The van der Waals surface area contributed by atoms with E-state index in [2.05, 4.69) is 5.32 Å². The molecule has 0 radical (unpaired) electrons. The number of methoxy groups -OCH3 is 1. The number of fused-ring (bicyclic) bond motifs is 1. The first-order chi connectivity index (χ1) is 7.93. The zero-order valence-electron chi connectivity index (χ0n) is 10.9. The molecule has 98 valence electrons. The zero-order chi connectivity index (χ0) is 12.6. The molecule has 1 saturated carbocycles. The van der Waals surface area contributed by atoms with Crippen LogP contribution in [-0.4, -0.2) is 43.7 Å². The maximum absolute atomic E-state index is 11.2. The number of hydrogen-bond acceptors (Lipinski definition) is 4. The molecule has 2 aliphatic rings. The van der Waals surface area contributed by atoms with Gasteiger partial charge in [-0.3, -0.25) is 4.79 Å². The molecule has 0 spiro atoms. The number of amides is 1. The highest BCUT2D eigenvalue weighted by atomic mass is 16.8. The van der Waals surface area contributed by atoms with Crippen molar-refractivity contribution in [3.8, 4) is 0 Å². The zero-order valence-corrected chi connectivity index (χ0v) is 10.9. The van der Waals surface area contributed by atoms with E-state index in [1.54, 1.807) is 7.11 Å². The van der Waals surface area contributed by atoms with Crippen LogP contribution in [0.5, 0.6) is 0 Å². The van der Waals surface area contributed by atoms with Crippen molar-refractivity contribution in [3.63, 3.8) is 0 Å². The van der Waals surface area contributed by atoms with E-state index in [0.29, 0.717) is 6.61 Å². The Bertz CT molecular complexity index is 305. The van der Waals surface area contributed by atoms with Crippen LogP contribution >= 0.6 is 0 Å². The predicted molar refractivity (Wildman–Crippen MR) is 61.4 cm³/mol. The van der Waals surface area contributed by atoms with Crippen LogP contribution in [0.15, 0.2) is 0 Å². The van der Waals surface area contributed by atoms with E-state index in [4.69, 9.17) is 14.2 Å². The van der Waals surface area contributed by atoms with Gasteiger partial charge in [0, 0.05) is 20.0 Å². The minimum atomic E-state index is -0.571. The smallest absolute Gasteiger partial charge is 0.217 e. The molecular formula is C12H21NO4. The van der Waals surface area contributed by atoms with Gasteiger partial charge in [0.2, 0.25) is 5.91 Å². The molecule has 1 N–H and O–H groups in total. The van der Waals surface area contributed by atoms with Crippen LogP contribution in [0.2, 0.25) is 0 Å². The van der Waals surface area contributed by atoms with E-state index < -0.39 is 5.79 Å². The number of ether oxygens (including phenoxy) is 3. The number of hydrogen-bond donors (Lipinski definition) is 1. The average molecular weight is 243 g/mol. The minimum Gasteiger partial charge on any atom is -0.384 e. The lowest BCUT2D eigenvalue weighted by molar-refractivity contribution is -0.161. The lowest BCUT2D eigenvalue weighted by atomic mass is 10.1. The second-order valence-corrected chi connectivity index (χ2v) is 5.32. The Hall–Kier alpha value is -0.650. The van der Waals surface area contributed by atoms with Crippen LogP contribution in [-0.2, 0) is 19.0 Å². The van der Waals surface area contributed by atoms with Crippen molar-refractivity contribution >= 4 is 5.91 Å². The minimum absolute atomic E-state index is 0.0156. The van der Waals surface area contributed by atoms with E-state index in [-0.39, 0.29) is 30.1 Å². The summed E-state index contributed by atoms with van der Waals surface area (Å²) in [5, 5.41) is 2.94. The highest BCUT2D eigenvalue weighted by molar-refractivity contribution is 5.73. The average Bonchev–Trinajstić information content (AvgIpc) is 2.63. The molecule has 2 rings (SSSR count). The maximum Gasteiger partial charge on any atom is 0.217 e. The van der Waals surface area contributed by atoms with E-state index in [1.807, 2.05) is 13.8 Å². The summed E-state index contributed by atoms with van der Waals surface area (Å²) in [4.78, 5) is 11.2.